The fourth-order valence-corrected chi connectivity index (χ4v) is 1.73. The van der Waals surface area contributed by atoms with Gasteiger partial charge >= 0.3 is 5.97 Å². The summed E-state index contributed by atoms with van der Waals surface area (Å²) in [7, 11) is 0. The number of hydrogen-bond donors (Lipinski definition) is 2. The van der Waals surface area contributed by atoms with E-state index in [9.17, 15) is 9.59 Å². The molecular formula is C13H21N3O3. The van der Waals surface area contributed by atoms with Crippen LogP contribution < -0.4 is 5.32 Å². The Balaban J connectivity index is 1.90. The molecule has 19 heavy (non-hydrogen) atoms. The predicted molar refractivity (Wildman–Crippen MR) is 70.6 cm³/mol. The monoisotopic (exact) mass is 267 g/mol. The molecule has 2 N–H and O–H groups in total. The van der Waals surface area contributed by atoms with Crippen molar-refractivity contribution in [3.05, 3.63) is 18.7 Å². The number of imidazole rings is 1. The number of carbonyl (C=O) groups is 2. The van der Waals surface area contributed by atoms with Crippen LogP contribution in [-0.4, -0.2) is 33.1 Å². The Labute approximate surface area is 112 Å². The van der Waals surface area contributed by atoms with E-state index in [4.69, 9.17) is 5.11 Å². The molecule has 1 rings (SSSR count). The highest BCUT2D eigenvalue weighted by Gasteiger charge is 2.02. The zero-order valence-corrected chi connectivity index (χ0v) is 11.0. The van der Waals surface area contributed by atoms with Gasteiger partial charge in [0.15, 0.2) is 0 Å². The minimum Gasteiger partial charge on any atom is -0.481 e. The lowest BCUT2D eigenvalue weighted by Crippen LogP contribution is -2.24. The van der Waals surface area contributed by atoms with Crippen molar-refractivity contribution in [3.63, 3.8) is 0 Å². The molecule has 0 atom stereocenters. The van der Waals surface area contributed by atoms with Gasteiger partial charge in [-0.1, -0.05) is 0 Å². The number of nitrogens with zero attached hydrogens (tertiary/aromatic N) is 2. The van der Waals surface area contributed by atoms with Crippen LogP contribution in [0.25, 0.3) is 0 Å². The number of aliphatic carboxylic acids is 1. The molecule has 0 fully saturated rings. The maximum Gasteiger partial charge on any atom is 0.303 e. The Kier molecular flexibility index (Phi) is 7.31. The molecule has 0 aliphatic carbocycles. The summed E-state index contributed by atoms with van der Waals surface area (Å²) in [6.45, 7) is 1.61. The van der Waals surface area contributed by atoms with Crippen molar-refractivity contribution in [2.45, 2.75) is 45.1 Å². The van der Waals surface area contributed by atoms with Gasteiger partial charge in [-0.25, -0.2) is 4.98 Å². The number of hydrogen-bond acceptors (Lipinski definition) is 3. The summed E-state index contributed by atoms with van der Waals surface area (Å²) in [6, 6.07) is 0. The molecule has 0 spiro atoms. The molecule has 1 aromatic heterocycles. The molecule has 0 aliphatic rings. The zero-order chi connectivity index (χ0) is 13.9. The van der Waals surface area contributed by atoms with E-state index in [0.29, 0.717) is 19.4 Å². The van der Waals surface area contributed by atoms with Gasteiger partial charge in [0.05, 0.1) is 6.33 Å². The summed E-state index contributed by atoms with van der Waals surface area (Å²) >= 11 is 0. The Morgan fingerprint density at radius 1 is 1.16 bits per heavy atom. The van der Waals surface area contributed by atoms with Crippen molar-refractivity contribution in [1.82, 2.24) is 14.9 Å². The average Bonchev–Trinajstić information content (AvgIpc) is 2.86. The molecule has 0 saturated heterocycles. The van der Waals surface area contributed by atoms with Crippen molar-refractivity contribution in [2.75, 3.05) is 6.54 Å². The van der Waals surface area contributed by atoms with E-state index in [-0.39, 0.29) is 12.3 Å². The number of amides is 1. The summed E-state index contributed by atoms with van der Waals surface area (Å²) in [6.07, 6.45) is 9.30. The number of carboxylic acids is 1. The average molecular weight is 267 g/mol. The predicted octanol–water partition coefficient (Wildman–Crippen LogP) is 1.42. The number of nitrogens with one attached hydrogen (secondary N) is 1. The van der Waals surface area contributed by atoms with Crippen molar-refractivity contribution in [3.8, 4) is 0 Å². The molecule has 0 aliphatic heterocycles. The van der Waals surface area contributed by atoms with Gasteiger partial charge in [0, 0.05) is 38.3 Å². The number of carbonyl (C=O) groups excluding carboxylic acids is 1. The van der Waals surface area contributed by atoms with Crippen molar-refractivity contribution in [2.24, 2.45) is 0 Å². The van der Waals surface area contributed by atoms with Crippen LogP contribution in [0.4, 0.5) is 0 Å². The molecule has 0 unspecified atom stereocenters. The first-order chi connectivity index (χ1) is 9.18. The van der Waals surface area contributed by atoms with E-state index >= 15 is 0 Å². The number of carboxylic acid groups (broad SMARTS) is 1. The molecule has 1 aromatic rings. The van der Waals surface area contributed by atoms with Crippen LogP contribution >= 0.6 is 0 Å². The highest BCUT2D eigenvalue weighted by molar-refractivity contribution is 5.76. The van der Waals surface area contributed by atoms with E-state index in [1.165, 1.54) is 0 Å². The first-order valence-corrected chi connectivity index (χ1v) is 6.62. The Hall–Kier alpha value is -1.85. The quantitative estimate of drug-likeness (QED) is 0.628. The van der Waals surface area contributed by atoms with E-state index in [1.807, 2.05) is 10.8 Å². The maximum atomic E-state index is 11.3. The standard InChI is InChI=1S/C13H21N3O3/c17-12(5-4-6-13(18)19)15-7-2-1-3-9-16-10-8-14-11-16/h8,10-11H,1-7,9H2,(H,15,17)(H,18,19). The molecule has 6 nitrogen and oxygen atoms in total. The Morgan fingerprint density at radius 3 is 2.68 bits per heavy atom. The molecule has 1 amide bonds. The molecule has 0 radical (unpaired) electrons. The van der Waals surface area contributed by atoms with Crippen molar-refractivity contribution in [1.29, 1.82) is 0 Å². The normalized spacial score (nSPS) is 10.3. The zero-order valence-electron chi connectivity index (χ0n) is 11.0. The smallest absolute Gasteiger partial charge is 0.303 e. The van der Waals surface area contributed by atoms with Crippen LogP contribution in [0.5, 0.6) is 0 Å². The van der Waals surface area contributed by atoms with Crippen LogP contribution in [0, 0.1) is 0 Å². The minimum absolute atomic E-state index is 0.0539. The molecule has 106 valence electrons. The lowest BCUT2D eigenvalue weighted by atomic mass is 10.2. The van der Waals surface area contributed by atoms with Crippen molar-refractivity contribution < 1.29 is 14.7 Å². The SMILES string of the molecule is O=C(O)CCCC(=O)NCCCCCn1ccnc1. The molecular weight excluding hydrogens is 246 g/mol. The largest absolute Gasteiger partial charge is 0.481 e. The third kappa shape index (κ3) is 7.96. The summed E-state index contributed by atoms with van der Waals surface area (Å²) in [5, 5.41) is 11.2. The van der Waals surface area contributed by atoms with Gasteiger partial charge in [-0.2, -0.15) is 0 Å². The summed E-state index contributed by atoms with van der Waals surface area (Å²) < 4.78 is 2.03. The second-order valence-corrected chi connectivity index (χ2v) is 4.46. The molecule has 0 saturated carbocycles. The van der Waals surface area contributed by atoms with Gasteiger partial charge in [0.25, 0.3) is 0 Å². The summed E-state index contributed by atoms with van der Waals surface area (Å²) in [5.74, 6) is -0.914. The maximum absolute atomic E-state index is 11.3. The van der Waals surface area contributed by atoms with Crippen LogP contribution in [0.15, 0.2) is 18.7 Å². The Morgan fingerprint density at radius 2 is 2.00 bits per heavy atom. The van der Waals surface area contributed by atoms with E-state index < -0.39 is 5.97 Å². The van der Waals surface area contributed by atoms with Gasteiger partial charge in [-0.15, -0.1) is 0 Å². The van der Waals surface area contributed by atoms with Gasteiger partial charge in [-0.05, 0) is 25.7 Å². The van der Waals surface area contributed by atoms with Crippen molar-refractivity contribution >= 4 is 11.9 Å². The first kappa shape index (κ1) is 15.2. The van der Waals surface area contributed by atoms with Gasteiger partial charge in [0.2, 0.25) is 5.91 Å². The van der Waals surface area contributed by atoms with Gasteiger partial charge in [0.1, 0.15) is 0 Å². The van der Waals surface area contributed by atoms with E-state index in [2.05, 4.69) is 10.3 Å². The topological polar surface area (TPSA) is 84.2 Å². The minimum atomic E-state index is -0.854. The number of aromatic nitrogens is 2. The van der Waals surface area contributed by atoms with E-state index in [1.54, 1.807) is 12.5 Å². The molecule has 6 heteroatoms. The lowest BCUT2D eigenvalue weighted by molar-refractivity contribution is -0.137. The highest BCUT2D eigenvalue weighted by Crippen LogP contribution is 1.99. The fourth-order valence-electron chi connectivity index (χ4n) is 1.73. The van der Waals surface area contributed by atoms with E-state index in [0.717, 1.165) is 25.8 Å². The highest BCUT2D eigenvalue weighted by atomic mass is 16.4. The number of rotatable bonds is 10. The number of aryl methyl sites for hydroxylation is 1. The lowest BCUT2D eigenvalue weighted by Gasteiger charge is -2.05. The van der Waals surface area contributed by atoms with Crippen LogP contribution in [0.3, 0.4) is 0 Å². The summed E-state index contributed by atoms with van der Waals surface area (Å²) in [4.78, 5) is 25.6. The molecule has 0 aromatic carbocycles. The van der Waals surface area contributed by atoms with Crippen LogP contribution in [0.2, 0.25) is 0 Å². The Bertz CT molecular complexity index is 376. The molecule has 0 bridgehead atoms. The summed E-state index contributed by atoms with van der Waals surface area (Å²) in [5.41, 5.74) is 0. The number of unbranched alkanes of at least 4 members (excludes halogenated alkanes) is 2. The fraction of sp³-hybridized carbons (Fsp3) is 0.615. The van der Waals surface area contributed by atoms with Gasteiger partial charge < -0.3 is 15.0 Å². The molecule has 1 heterocycles. The third-order valence-electron chi connectivity index (χ3n) is 2.77. The second kappa shape index (κ2) is 9.13. The van der Waals surface area contributed by atoms with Gasteiger partial charge in [-0.3, -0.25) is 9.59 Å². The van der Waals surface area contributed by atoms with Crippen LogP contribution in [0.1, 0.15) is 38.5 Å². The second-order valence-electron chi connectivity index (χ2n) is 4.46. The van der Waals surface area contributed by atoms with Crippen LogP contribution in [-0.2, 0) is 16.1 Å². The first-order valence-electron chi connectivity index (χ1n) is 6.62. The third-order valence-corrected chi connectivity index (χ3v) is 2.77.